The molecule has 6 rings (SSSR count). The molecule has 2 aromatic carbocycles. The fraction of sp³-hybridized carbons (Fsp3) is 0.240. The Bertz CT molecular complexity index is 1320. The molecule has 0 amide bonds. The molecule has 1 aliphatic heterocycles. The summed E-state index contributed by atoms with van der Waals surface area (Å²) in [5.74, 6) is 0.715. The number of thiophene rings is 1. The summed E-state index contributed by atoms with van der Waals surface area (Å²) in [6.45, 7) is 2.08. The number of hydrogen-bond donors (Lipinski definition) is 2. The molecule has 5 nitrogen and oxygen atoms in total. The smallest absolute Gasteiger partial charge is 0.167 e. The van der Waals surface area contributed by atoms with Crippen LogP contribution in [0.25, 0.3) is 33.9 Å². The number of ether oxygens (including phenoxy) is 1. The average molecular weight is 448 g/mol. The van der Waals surface area contributed by atoms with Gasteiger partial charge in [0.15, 0.2) is 12.6 Å². The third-order valence-electron chi connectivity index (χ3n) is 6.44. The number of aliphatic hydroxyl groups is 1. The Morgan fingerprint density at radius 3 is 2.59 bits per heavy atom. The highest BCUT2D eigenvalue weighted by molar-refractivity contribution is 7.08. The zero-order valence-corrected chi connectivity index (χ0v) is 18.3. The molecule has 2 aliphatic rings. The Kier molecular flexibility index (Phi) is 4.15. The molecule has 0 atom stereocenters. The summed E-state index contributed by atoms with van der Waals surface area (Å²) in [6, 6.07) is 14.9. The Morgan fingerprint density at radius 1 is 1.12 bits per heavy atom. The first-order valence-corrected chi connectivity index (χ1v) is 11.5. The summed E-state index contributed by atoms with van der Waals surface area (Å²) >= 11 is 1.60. The predicted molar refractivity (Wildman–Crippen MR) is 123 cm³/mol. The maximum Gasteiger partial charge on any atom is 0.167 e. The van der Waals surface area contributed by atoms with Gasteiger partial charge in [0.2, 0.25) is 0 Å². The lowest BCUT2D eigenvalue weighted by atomic mass is 9.63. The van der Waals surface area contributed by atoms with E-state index in [9.17, 15) is 9.50 Å². The minimum atomic E-state index is -0.708. The monoisotopic (exact) mass is 447 g/mol. The summed E-state index contributed by atoms with van der Waals surface area (Å²) in [7, 11) is 0. The second-order valence-corrected chi connectivity index (χ2v) is 9.82. The van der Waals surface area contributed by atoms with Crippen LogP contribution in [-0.4, -0.2) is 20.3 Å². The number of benzene rings is 2. The quantitative estimate of drug-likeness (QED) is 0.456. The number of imidazole rings is 1. The molecule has 0 spiro atoms. The molecule has 32 heavy (non-hydrogen) atoms. The minimum Gasteiger partial charge on any atom is -0.472 e. The van der Waals surface area contributed by atoms with Crippen molar-refractivity contribution in [2.75, 3.05) is 0 Å². The maximum atomic E-state index is 14.8. The fourth-order valence-electron chi connectivity index (χ4n) is 5.11. The Morgan fingerprint density at radius 2 is 1.91 bits per heavy atom. The van der Waals surface area contributed by atoms with Gasteiger partial charge in [-0.05, 0) is 48.9 Å². The summed E-state index contributed by atoms with van der Waals surface area (Å²) in [5.41, 5.74) is 10.3. The van der Waals surface area contributed by atoms with Crippen molar-refractivity contribution in [3.63, 3.8) is 0 Å². The molecule has 0 saturated heterocycles. The van der Waals surface area contributed by atoms with Crippen LogP contribution in [0.3, 0.4) is 0 Å². The van der Waals surface area contributed by atoms with Gasteiger partial charge in [0.1, 0.15) is 11.6 Å². The lowest BCUT2D eigenvalue weighted by Gasteiger charge is -2.49. The van der Waals surface area contributed by atoms with E-state index in [0.717, 1.165) is 28.1 Å². The molecule has 2 aromatic heterocycles. The zero-order chi connectivity index (χ0) is 22.1. The van der Waals surface area contributed by atoms with Gasteiger partial charge < -0.3 is 15.6 Å². The molecule has 1 saturated carbocycles. The summed E-state index contributed by atoms with van der Waals surface area (Å²) in [5, 5.41) is 14.2. The third kappa shape index (κ3) is 2.92. The van der Waals surface area contributed by atoms with E-state index >= 15 is 0 Å². The highest BCUT2D eigenvalue weighted by Gasteiger charge is 2.49. The van der Waals surface area contributed by atoms with Crippen LogP contribution in [0.15, 0.2) is 59.3 Å². The number of rotatable bonds is 3. The van der Waals surface area contributed by atoms with Crippen LogP contribution in [0, 0.1) is 5.82 Å². The van der Waals surface area contributed by atoms with Crippen LogP contribution in [-0.2, 0) is 12.3 Å². The van der Waals surface area contributed by atoms with E-state index in [0.29, 0.717) is 30.0 Å². The van der Waals surface area contributed by atoms with E-state index in [1.165, 1.54) is 6.07 Å². The lowest BCUT2D eigenvalue weighted by Crippen LogP contribution is -2.58. The van der Waals surface area contributed by atoms with Crippen molar-refractivity contribution in [1.82, 2.24) is 9.55 Å². The Labute approximate surface area is 188 Å². The second-order valence-electron chi connectivity index (χ2n) is 9.04. The fourth-order valence-corrected chi connectivity index (χ4v) is 5.75. The van der Waals surface area contributed by atoms with Crippen LogP contribution < -0.4 is 10.5 Å². The van der Waals surface area contributed by atoms with Crippen LogP contribution >= 0.6 is 11.3 Å². The van der Waals surface area contributed by atoms with E-state index in [2.05, 4.69) is 5.38 Å². The molecule has 4 aromatic rings. The Balaban J connectivity index is 1.48. The second kappa shape index (κ2) is 6.75. The van der Waals surface area contributed by atoms with E-state index in [4.69, 9.17) is 15.5 Å². The summed E-state index contributed by atoms with van der Waals surface area (Å²) in [6.07, 6.45) is 1.07. The number of aromatic nitrogens is 2. The summed E-state index contributed by atoms with van der Waals surface area (Å²) < 4.78 is 22.6. The van der Waals surface area contributed by atoms with Crippen molar-refractivity contribution in [3.8, 4) is 39.7 Å². The molecular weight excluding hydrogens is 425 g/mol. The van der Waals surface area contributed by atoms with Crippen LogP contribution in [0.4, 0.5) is 4.39 Å². The highest BCUT2D eigenvalue weighted by Crippen LogP contribution is 2.47. The topological polar surface area (TPSA) is 73.3 Å². The Hall–Kier alpha value is -3.00. The van der Waals surface area contributed by atoms with Gasteiger partial charge in [-0.3, -0.25) is 4.57 Å². The van der Waals surface area contributed by atoms with Crippen molar-refractivity contribution in [2.24, 2.45) is 5.73 Å². The molecule has 0 radical (unpaired) electrons. The van der Waals surface area contributed by atoms with Crippen molar-refractivity contribution in [2.45, 2.75) is 37.6 Å². The highest BCUT2D eigenvalue weighted by atomic mass is 32.1. The molecule has 1 fully saturated rings. The average Bonchev–Trinajstić information content (AvgIpc) is 3.40. The van der Waals surface area contributed by atoms with Gasteiger partial charge in [0.05, 0.1) is 22.6 Å². The van der Waals surface area contributed by atoms with Gasteiger partial charge >= 0.3 is 0 Å². The van der Waals surface area contributed by atoms with E-state index in [1.54, 1.807) is 23.5 Å². The van der Waals surface area contributed by atoms with Crippen molar-refractivity contribution in [3.05, 3.63) is 70.7 Å². The number of fused-ring (bicyclic) bond motifs is 3. The first-order chi connectivity index (χ1) is 15.3. The number of nitrogens with two attached hydrogens (primary N) is 1. The van der Waals surface area contributed by atoms with Crippen LogP contribution in [0.5, 0.6) is 5.75 Å². The number of halogens is 1. The largest absolute Gasteiger partial charge is 0.472 e. The SMILES string of the molecule is CC1(O)CC(N)(c2ccc(-c3nc4n(c3-c3ccsc3)COc3cccc(F)c3-4)cc2)C1. The molecule has 7 heteroatoms. The van der Waals surface area contributed by atoms with Crippen LogP contribution in [0.1, 0.15) is 25.3 Å². The summed E-state index contributed by atoms with van der Waals surface area (Å²) in [4.78, 5) is 4.90. The zero-order valence-electron chi connectivity index (χ0n) is 17.5. The molecule has 0 bridgehead atoms. The van der Waals surface area contributed by atoms with Crippen LogP contribution in [0.2, 0.25) is 0 Å². The van der Waals surface area contributed by atoms with Gasteiger partial charge in [-0.1, -0.05) is 30.3 Å². The van der Waals surface area contributed by atoms with E-state index < -0.39 is 11.1 Å². The van der Waals surface area contributed by atoms with E-state index in [1.807, 2.05) is 47.2 Å². The molecule has 162 valence electrons. The molecule has 3 N–H and O–H groups in total. The maximum absolute atomic E-state index is 14.8. The van der Waals surface area contributed by atoms with Crippen molar-refractivity contribution < 1.29 is 14.2 Å². The molecule has 3 heterocycles. The number of nitrogens with zero attached hydrogens (tertiary/aromatic N) is 2. The predicted octanol–water partition coefficient (Wildman–Crippen LogP) is 5.13. The first kappa shape index (κ1) is 19.7. The van der Waals surface area contributed by atoms with Gasteiger partial charge in [-0.15, -0.1) is 0 Å². The minimum absolute atomic E-state index is 0.267. The third-order valence-corrected chi connectivity index (χ3v) is 7.12. The van der Waals surface area contributed by atoms with Gasteiger partial charge in [-0.25, -0.2) is 9.37 Å². The molecular formula is C25H22FN3O2S. The van der Waals surface area contributed by atoms with Gasteiger partial charge in [0, 0.05) is 22.0 Å². The van der Waals surface area contributed by atoms with E-state index in [-0.39, 0.29) is 12.5 Å². The van der Waals surface area contributed by atoms with Crippen molar-refractivity contribution in [1.29, 1.82) is 0 Å². The van der Waals surface area contributed by atoms with Gasteiger partial charge in [0.25, 0.3) is 0 Å². The molecule has 0 unspecified atom stereocenters. The number of hydrogen-bond acceptors (Lipinski definition) is 5. The lowest BCUT2D eigenvalue weighted by molar-refractivity contribution is -0.0738. The molecule has 1 aliphatic carbocycles. The van der Waals surface area contributed by atoms with Gasteiger partial charge in [-0.2, -0.15) is 11.3 Å². The standard InChI is InChI=1S/C25H22FN3O2S/c1-24(30)12-25(27,13-24)17-7-5-15(6-8-17)21-22(16-9-10-32-11-16)29-14-31-19-4-2-3-18(26)20(19)23(29)28-21/h2-11,30H,12-14,27H2,1H3. The normalized spacial score (nSPS) is 23.8. The first-order valence-electron chi connectivity index (χ1n) is 10.5. The van der Waals surface area contributed by atoms with Crippen molar-refractivity contribution >= 4 is 11.3 Å².